The zero-order valence-electron chi connectivity index (χ0n) is 21.9. The van der Waals surface area contributed by atoms with Gasteiger partial charge in [0, 0.05) is 22.6 Å². The van der Waals surface area contributed by atoms with Crippen molar-refractivity contribution in [3.8, 4) is 0 Å². The number of nitrogens with zero attached hydrogens (tertiary/aromatic N) is 2. The van der Waals surface area contributed by atoms with Crippen molar-refractivity contribution in [3.05, 3.63) is 17.7 Å². The van der Waals surface area contributed by atoms with E-state index in [-0.39, 0.29) is 0 Å². The summed E-state index contributed by atoms with van der Waals surface area (Å²) < 4.78 is 3.04. The molecule has 13 rings (SSSR count). The van der Waals surface area contributed by atoms with Gasteiger partial charge in [0.25, 0.3) is 0 Å². The van der Waals surface area contributed by atoms with Crippen LogP contribution in [0.3, 0.4) is 0 Å². The Labute approximate surface area is 212 Å². The minimum Gasteiger partial charge on any atom is -0.328 e. The summed E-state index contributed by atoms with van der Waals surface area (Å²) in [6.45, 7) is 0. The van der Waals surface area contributed by atoms with Crippen molar-refractivity contribution in [1.29, 1.82) is 0 Å². The monoisotopic (exact) mass is 470 g/mol. The molecule has 12 saturated carbocycles. The first-order chi connectivity index (χ1) is 17.0. The van der Waals surface area contributed by atoms with Crippen molar-refractivity contribution in [3.63, 3.8) is 0 Å². The largest absolute Gasteiger partial charge is 0.328 e. The van der Waals surface area contributed by atoms with Crippen LogP contribution in [0.5, 0.6) is 0 Å². The van der Waals surface area contributed by atoms with Crippen molar-refractivity contribution in [2.24, 2.45) is 53.3 Å². The highest BCUT2D eigenvalue weighted by atomic mass is 15.2. The van der Waals surface area contributed by atoms with Crippen LogP contribution in [0.25, 0.3) is 0 Å². The molecule has 12 aliphatic rings. The maximum atomic E-state index is 6.01. The fraction of sp³-hybridized carbons (Fsp3) is 0.909. The molecule has 1 aromatic rings. The van der Waals surface area contributed by atoms with Crippen LogP contribution in [0.2, 0.25) is 0 Å². The fourth-order valence-corrected chi connectivity index (χ4v) is 14.5. The number of imidazole rings is 1. The van der Waals surface area contributed by atoms with Crippen LogP contribution >= 0.6 is 0 Å². The maximum absolute atomic E-state index is 6.01. The van der Waals surface area contributed by atoms with E-state index < -0.39 is 0 Å². The Bertz CT molecular complexity index is 907. The minimum absolute atomic E-state index is 0.443. The summed E-state index contributed by atoms with van der Waals surface area (Å²) in [5, 5.41) is 0. The summed E-state index contributed by atoms with van der Waals surface area (Å²) >= 11 is 0. The molecule has 0 radical (unpaired) electrons. The number of rotatable bonds is 3. The lowest BCUT2D eigenvalue weighted by Crippen LogP contribution is -2.55. The van der Waals surface area contributed by atoms with Gasteiger partial charge in [-0.05, 0) is 169 Å². The summed E-state index contributed by atoms with van der Waals surface area (Å²) in [5.74, 6) is 10.9. The molecule has 0 spiro atoms. The van der Waals surface area contributed by atoms with E-state index in [1.54, 1.807) is 69.3 Å². The summed E-state index contributed by atoms with van der Waals surface area (Å²) in [6, 6.07) is 0. The molecule has 12 fully saturated rings. The lowest BCUT2D eigenvalue weighted by Gasteiger charge is -2.60. The van der Waals surface area contributed by atoms with E-state index in [0.717, 1.165) is 53.3 Å². The Morgan fingerprint density at radius 3 is 1.23 bits per heavy atom. The fourth-order valence-electron chi connectivity index (χ4n) is 14.5. The molecule has 0 amide bonds. The molecule has 12 aliphatic carbocycles. The van der Waals surface area contributed by atoms with Crippen molar-refractivity contribution in [1.82, 2.24) is 9.55 Å². The van der Waals surface area contributed by atoms with Gasteiger partial charge in [-0.15, -0.1) is 0 Å². The van der Waals surface area contributed by atoms with Crippen molar-refractivity contribution < 1.29 is 0 Å². The molecule has 1 aromatic heterocycles. The molecule has 1 heterocycles. The zero-order valence-corrected chi connectivity index (χ0v) is 21.9. The first-order valence-electron chi connectivity index (χ1n) is 16.1. The van der Waals surface area contributed by atoms with Gasteiger partial charge in [0.15, 0.2) is 0 Å². The van der Waals surface area contributed by atoms with Crippen LogP contribution in [0.4, 0.5) is 0 Å². The van der Waals surface area contributed by atoms with Crippen LogP contribution in [0.15, 0.2) is 6.20 Å². The molecule has 35 heavy (non-hydrogen) atoms. The molecule has 2 nitrogen and oxygen atoms in total. The van der Waals surface area contributed by atoms with E-state index in [0.29, 0.717) is 16.4 Å². The predicted octanol–water partition coefficient (Wildman–Crippen LogP) is 7.74. The van der Waals surface area contributed by atoms with E-state index in [2.05, 4.69) is 10.8 Å². The quantitative estimate of drug-likeness (QED) is 0.442. The normalized spacial score (nSPS) is 58.6. The third-order valence-electron chi connectivity index (χ3n) is 14.3. The predicted molar refractivity (Wildman–Crippen MR) is 138 cm³/mol. The molecule has 0 saturated heterocycles. The van der Waals surface area contributed by atoms with Gasteiger partial charge in [0.05, 0.1) is 5.69 Å². The van der Waals surface area contributed by atoms with Gasteiger partial charge in [-0.25, -0.2) is 4.98 Å². The lowest BCUT2D eigenvalue weighted by molar-refractivity contribution is -0.0549. The molecular weight excluding hydrogens is 424 g/mol. The maximum Gasteiger partial charge on any atom is 0.115 e. The first-order valence-corrected chi connectivity index (χ1v) is 16.1. The average Bonchev–Trinajstić information content (AvgIpc) is 3.25. The standard InChI is InChI=1S/C33H46N2/c1-20-2-22-3-21(1)11-31(10-20,12-22)29-19-35(33-16-26-7-27(17-33)9-28(8-26)18-33)30(34-29)32-13-23-4-24(14-32)6-25(5-23)15-32/h19-28H,1-18H2. The highest BCUT2D eigenvalue weighted by Gasteiger charge is 2.59. The minimum atomic E-state index is 0.443. The summed E-state index contributed by atoms with van der Waals surface area (Å²) in [4.78, 5) is 6.01. The third-order valence-corrected chi connectivity index (χ3v) is 14.3. The third kappa shape index (κ3) is 2.66. The second-order valence-electron chi connectivity index (χ2n) is 16.9. The molecule has 0 aliphatic heterocycles. The Morgan fingerprint density at radius 2 is 0.829 bits per heavy atom. The van der Waals surface area contributed by atoms with Crippen LogP contribution in [-0.2, 0) is 16.4 Å². The number of hydrogen-bond acceptors (Lipinski definition) is 1. The Morgan fingerprint density at radius 1 is 0.486 bits per heavy atom. The van der Waals surface area contributed by atoms with Crippen LogP contribution in [-0.4, -0.2) is 9.55 Å². The number of aromatic nitrogens is 2. The van der Waals surface area contributed by atoms with Crippen LogP contribution in [0, 0.1) is 53.3 Å². The number of hydrogen-bond donors (Lipinski definition) is 0. The highest BCUT2D eigenvalue weighted by molar-refractivity contribution is 5.30. The van der Waals surface area contributed by atoms with E-state index in [4.69, 9.17) is 4.98 Å². The Kier molecular flexibility index (Phi) is 3.71. The topological polar surface area (TPSA) is 17.8 Å². The summed E-state index contributed by atoms with van der Waals surface area (Å²) in [7, 11) is 0. The smallest absolute Gasteiger partial charge is 0.115 e. The lowest BCUT2D eigenvalue weighted by atomic mass is 9.48. The van der Waals surface area contributed by atoms with Gasteiger partial charge < -0.3 is 4.57 Å². The SMILES string of the molecule is c1c(C23CC4CC(CC(C4)C2)C3)nc(C23CC4CC(CC(C4)C2)C3)n1C12CC3CC(CC(C3)C1)C2. The van der Waals surface area contributed by atoms with Crippen molar-refractivity contribution in [2.45, 2.75) is 132 Å². The first kappa shape index (κ1) is 20.2. The average molecular weight is 471 g/mol. The van der Waals surface area contributed by atoms with E-state index in [9.17, 15) is 0 Å². The molecule has 0 N–H and O–H groups in total. The second kappa shape index (κ2) is 6.43. The van der Waals surface area contributed by atoms with Gasteiger partial charge >= 0.3 is 0 Å². The highest BCUT2D eigenvalue weighted by Crippen LogP contribution is 2.65. The van der Waals surface area contributed by atoms with Gasteiger partial charge in [0.1, 0.15) is 5.82 Å². The Hall–Kier alpha value is -0.790. The van der Waals surface area contributed by atoms with Crippen molar-refractivity contribution in [2.75, 3.05) is 0 Å². The molecule has 2 heteroatoms. The van der Waals surface area contributed by atoms with Gasteiger partial charge in [-0.3, -0.25) is 0 Å². The van der Waals surface area contributed by atoms with Crippen molar-refractivity contribution >= 4 is 0 Å². The molecule has 0 atom stereocenters. The second-order valence-corrected chi connectivity index (χ2v) is 16.9. The molecule has 12 bridgehead atoms. The molecular formula is C33H46N2. The molecule has 0 unspecified atom stereocenters. The summed E-state index contributed by atoms with van der Waals surface area (Å²) in [6.07, 6.45) is 30.2. The molecule has 0 aromatic carbocycles. The van der Waals surface area contributed by atoms with E-state index in [1.807, 2.05) is 0 Å². The van der Waals surface area contributed by atoms with Crippen LogP contribution in [0.1, 0.15) is 127 Å². The zero-order chi connectivity index (χ0) is 22.6. The van der Waals surface area contributed by atoms with Gasteiger partial charge in [-0.1, -0.05) is 0 Å². The van der Waals surface area contributed by atoms with Gasteiger partial charge in [-0.2, -0.15) is 0 Å². The Balaban J connectivity index is 1.14. The summed E-state index contributed by atoms with van der Waals surface area (Å²) in [5.41, 5.74) is 2.97. The van der Waals surface area contributed by atoms with Gasteiger partial charge in [0.2, 0.25) is 0 Å². The van der Waals surface area contributed by atoms with Crippen LogP contribution < -0.4 is 0 Å². The molecule has 188 valence electrons. The van der Waals surface area contributed by atoms with E-state index in [1.165, 1.54) is 57.8 Å². The van der Waals surface area contributed by atoms with E-state index >= 15 is 0 Å².